The van der Waals surface area contributed by atoms with Crippen molar-refractivity contribution in [2.24, 2.45) is 0 Å². The predicted molar refractivity (Wildman–Crippen MR) is 70.8 cm³/mol. The minimum Gasteiger partial charge on any atom is -0.309 e. The van der Waals surface area contributed by atoms with Crippen molar-refractivity contribution >= 4 is 0 Å². The SMILES string of the molecule is Fc1ccc([C@@H]2CC2NCc2ccccc2)cc1F. The van der Waals surface area contributed by atoms with Crippen LogP contribution in [0.3, 0.4) is 0 Å². The van der Waals surface area contributed by atoms with E-state index in [9.17, 15) is 8.78 Å². The zero-order valence-corrected chi connectivity index (χ0v) is 10.4. The van der Waals surface area contributed by atoms with Gasteiger partial charge < -0.3 is 5.32 Å². The lowest BCUT2D eigenvalue weighted by Crippen LogP contribution is -2.17. The summed E-state index contributed by atoms with van der Waals surface area (Å²) in [7, 11) is 0. The molecule has 0 spiro atoms. The van der Waals surface area contributed by atoms with Crippen molar-refractivity contribution in [2.75, 3.05) is 0 Å². The first kappa shape index (κ1) is 12.3. The number of halogens is 2. The molecule has 0 heterocycles. The summed E-state index contributed by atoms with van der Waals surface area (Å²) in [6.07, 6.45) is 0.984. The number of hydrogen-bond donors (Lipinski definition) is 1. The van der Waals surface area contributed by atoms with E-state index in [1.165, 1.54) is 17.7 Å². The minimum absolute atomic E-state index is 0.304. The molecule has 1 nitrogen and oxygen atoms in total. The summed E-state index contributed by atoms with van der Waals surface area (Å²) in [5, 5.41) is 3.44. The standard InChI is InChI=1S/C16H15F2N/c17-14-7-6-12(8-15(14)18)13-9-16(13)19-10-11-4-2-1-3-5-11/h1-8,13,16,19H,9-10H2/t13-,16?/m0/s1. The van der Waals surface area contributed by atoms with Gasteiger partial charge in [-0.15, -0.1) is 0 Å². The summed E-state index contributed by atoms with van der Waals surface area (Å²) in [5.41, 5.74) is 2.11. The quantitative estimate of drug-likeness (QED) is 0.884. The Kier molecular flexibility index (Phi) is 3.30. The van der Waals surface area contributed by atoms with Crippen LogP contribution in [0.1, 0.15) is 23.5 Å². The lowest BCUT2D eigenvalue weighted by atomic mass is 10.1. The third kappa shape index (κ3) is 2.82. The van der Waals surface area contributed by atoms with Crippen molar-refractivity contribution in [3.05, 3.63) is 71.3 Å². The maximum absolute atomic E-state index is 13.1. The van der Waals surface area contributed by atoms with Crippen molar-refractivity contribution in [2.45, 2.75) is 24.9 Å². The van der Waals surface area contributed by atoms with E-state index in [1.807, 2.05) is 18.2 Å². The highest BCUT2D eigenvalue weighted by Crippen LogP contribution is 2.41. The van der Waals surface area contributed by atoms with Crippen molar-refractivity contribution in [1.29, 1.82) is 0 Å². The third-order valence-corrected chi connectivity index (χ3v) is 3.57. The molecule has 19 heavy (non-hydrogen) atoms. The van der Waals surface area contributed by atoms with Gasteiger partial charge in [-0.2, -0.15) is 0 Å². The highest BCUT2D eigenvalue weighted by atomic mass is 19.2. The summed E-state index contributed by atoms with van der Waals surface area (Å²) in [6.45, 7) is 0.811. The first-order valence-corrected chi connectivity index (χ1v) is 6.46. The van der Waals surface area contributed by atoms with Gasteiger partial charge in [-0.3, -0.25) is 0 Å². The first-order chi connectivity index (χ1) is 9.24. The molecule has 2 aromatic rings. The fourth-order valence-corrected chi connectivity index (χ4v) is 2.38. The molecule has 1 unspecified atom stereocenters. The molecule has 1 saturated carbocycles. The normalized spacial score (nSPS) is 21.4. The van der Waals surface area contributed by atoms with Gasteiger partial charge in [0, 0.05) is 18.5 Å². The second-order valence-electron chi connectivity index (χ2n) is 4.99. The summed E-state index contributed by atoms with van der Waals surface area (Å²) in [4.78, 5) is 0. The maximum Gasteiger partial charge on any atom is 0.159 e. The van der Waals surface area contributed by atoms with E-state index in [2.05, 4.69) is 17.4 Å². The molecule has 3 heteroatoms. The Morgan fingerprint density at radius 3 is 2.53 bits per heavy atom. The van der Waals surface area contributed by atoms with Crippen LogP contribution >= 0.6 is 0 Å². The smallest absolute Gasteiger partial charge is 0.159 e. The molecule has 0 aliphatic heterocycles. The summed E-state index contributed by atoms with van der Waals surface area (Å²) in [5.74, 6) is -1.23. The number of benzene rings is 2. The zero-order valence-electron chi connectivity index (χ0n) is 10.4. The van der Waals surface area contributed by atoms with Crippen molar-refractivity contribution < 1.29 is 8.78 Å². The molecular formula is C16H15F2N. The molecule has 2 aromatic carbocycles. The Balaban J connectivity index is 1.57. The van der Waals surface area contributed by atoms with E-state index >= 15 is 0 Å². The van der Waals surface area contributed by atoms with Crippen molar-refractivity contribution in [3.8, 4) is 0 Å². The molecule has 1 N–H and O–H groups in total. The summed E-state index contributed by atoms with van der Waals surface area (Å²) < 4.78 is 26.0. The summed E-state index contributed by atoms with van der Waals surface area (Å²) >= 11 is 0. The van der Waals surface area contributed by atoms with Crippen LogP contribution < -0.4 is 5.32 Å². The van der Waals surface area contributed by atoms with Crippen LogP contribution in [-0.2, 0) is 6.54 Å². The molecule has 1 fully saturated rings. The zero-order chi connectivity index (χ0) is 13.2. The molecular weight excluding hydrogens is 244 g/mol. The molecule has 2 atom stereocenters. The fraction of sp³-hybridized carbons (Fsp3) is 0.250. The Morgan fingerprint density at radius 1 is 1.00 bits per heavy atom. The largest absolute Gasteiger partial charge is 0.309 e. The van der Waals surface area contributed by atoms with E-state index in [1.54, 1.807) is 6.07 Å². The number of rotatable bonds is 4. The second kappa shape index (κ2) is 5.10. The topological polar surface area (TPSA) is 12.0 Å². The van der Waals surface area contributed by atoms with Crippen LogP contribution in [0.25, 0.3) is 0 Å². The fourth-order valence-electron chi connectivity index (χ4n) is 2.38. The van der Waals surface area contributed by atoms with Gasteiger partial charge in [0.05, 0.1) is 0 Å². The first-order valence-electron chi connectivity index (χ1n) is 6.46. The molecule has 0 saturated heterocycles. The van der Waals surface area contributed by atoms with Gasteiger partial charge in [0.25, 0.3) is 0 Å². The molecule has 1 aliphatic carbocycles. The van der Waals surface area contributed by atoms with Gasteiger partial charge in [0.2, 0.25) is 0 Å². The molecule has 0 aromatic heterocycles. The predicted octanol–water partition coefficient (Wildman–Crippen LogP) is 3.61. The molecule has 0 bridgehead atoms. The lowest BCUT2D eigenvalue weighted by Gasteiger charge is -2.05. The summed E-state index contributed by atoms with van der Waals surface area (Å²) in [6, 6.07) is 14.7. The van der Waals surface area contributed by atoms with Gasteiger partial charge in [-0.1, -0.05) is 36.4 Å². The molecule has 98 valence electrons. The average molecular weight is 259 g/mol. The van der Waals surface area contributed by atoms with E-state index in [0.29, 0.717) is 12.0 Å². The van der Waals surface area contributed by atoms with Crippen LogP contribution in [-0.4, -0.2) is 6.04 Å². The Labute approximate surface area is 111 Å². The molecule has 0 radical (unpaired) electrons. The Hall–Kier alpha value is -1.74. The maximum atomic E-state index is 13.1. The van der Waals surface area contributed by atoms with Gasteiger partial charge in [0.15, 0.2) is 11.6 Å². The van der Waals surface area contributed by atoms with Crippen LogP contribution in [0.4, 0.5) is 8.78 Å². The Morgan fingerprint density at radius 2 is 1.79 bits per heavy atom. The van der Waals surface area contributed by atoms with Crippen molar-refractivity contribution in [1.82, 2.24) is 5.32 Å². The van der Waals surface area contributed by atoms with Crippen LogP contribution in [0.2, 0.25) is 0 Å². The van der Waals surface area contributed by atoms with Gasteiger partial charge in [-0.05, 0) is 29.7 Å². The van der Waals surface area contributed by atoms with E-state index in [-0.39, 0.29) is 0 Å². The molecule has 0 amide bonds. The van der Waals surface area contributed by atoms with Crippen LogP contribution in [0.5, 0.6) is 0 Å². The average Bonchev–Trinajstić information content (AvgIpc) is 3.20. The second-order valence-corrected chi connectivity index (χ2v) is 4.99. The van der Waals surface area contributed by atoms with Crippen molar-refractivity contribution in [3.63, 3.8) is 0 Å². The van der Waals surface area contributed by atoms with Gasteiger partial charge in [0.1, 0.15) is 0 Å². The van der Waals surface area contributed by atoms with E-state index in [0.717, 1.165) is 18.5 Å². The van der Waals surface area contributed by atoms with E-state index in [4.69, 9.17) is 0 Å². The number of hydrogen-bond acceptors (Lipinski definition) is 1. The molecule has 1 aliphatic rings. The van der Waals surface area contributed by atoms with Crippen LogP contribution in [0, 0.1) is 11.6 Å². The molecule has 3 rings (SSSR count). The lowest BCUT2D eigenvalue weighted by molar-refractivity contribution is 0.507. The van der Waals surface area contributed by atoms with E-state index < -0.39 is 11.6 Å². The monoisotopic (exact) mass is 259 g/mol. The number of nitrogens with one attached hydrogen (secondary N) is 1. The minimum atomic E-state index is -0.779. The Bertz CT molecular complexity index is 568. The van der Waals surface area contributed by atoms with Crippen LogP contribution in [0.15, 0.2) is 48.5 Å². The third-order valence-electron chi connectivity index (χ3n) is 3.57. The van der Waals surface area contributed by atoms with Gasteiger partial charge in [-0.25, -0.2) is 8.78 Å². The highest BCUT2D eigenvalue weighted by molar-refractivity contribution is 5.29. The van der Waals surface area contributed by atoms with Gasteiger partial charge >= 0.3 is 0 Å². The highest BCUT2D eigenvalue weighted by Gasteiger charge is 2.38.